The van der Waals surface area contributed by atoms with Gasteiger partial charge in [-0.15, -0.1) is 0 Å². The third-order valence-corrected chi connectivity index (χ3v) is 2.97. The fourth-order valence-corrected chi connectivity index (χ4v) is 2.01. The number of carbonyl (C=O) groups is 1. The molecule has 0 fully saturated rings. The predicted molar refractivity (Wildman–Crippen MR) is 76.2 cm³/mol. The number of hydrogen-bond acceptors (Lipinski definition) is 3. The summed E-state index contributed by atoms with van der Waals surface area (Å²) in [5, 5.41) is 6.25. The van der Waals surface area contributed by atoms with E-state index >= 15 is 0 Å². The lowest BCUT2D eigenvalue weighted by Gasteiger charge is -2.08. The summed E-state index contributed by atoms with van der Waals surface area (Å²) in [6, 6.07) is 5.26. The molecule has 0 aliphatic heterocycles. The molecule has 0 aliphatic rings. The maximum atomic E-state index is 11.4. The Balaban J connectivity index is 2.29. The lowest BCUT2D eigenvalue weighted by atomic mass is 10.3. The minimum Gasteiger partial charge on any atom is -0.482 e. The Kier molecular flexibility index (Phi) is 7.08. The van der Waals surface area contributed by atoms with Gasteiger partial charge in [-0.2, -0.15) is 0 Å². The molecular weight excluding hydrogens is 320 g/mol. The van der Waals surface area contributed by atoms with Gasteiger partial charge in [-0.25, -0.2) is 0 Å². The van der Waals surface area contributed by atoms with E-state index < -0.39 is 0 Å². The Morgan fingerprint density at radius 3 is 2.89 bits per heavy atom. The number of amides is 1. The molecule has 0 saturated heterocycles. The van der Waals surface area contributed by atoms with Crippen LogP contribution in [-0.2, 0) is 4.79 Å². The average Bonchev–Trinajstić information content (AvgIpc) is 2.33. The lowest BCUT2D eigenvalue weighted by molar-refractivity contribution is -0.123. The van der Waals surface area contributed by atoms with Gasteiger partial charge in [0.1, 0.15) is 5.75 Å². The summed E-state index contributed by atoms with van der Waals surface area (Å²) in [6.45, 7) is 1.48. The molecular formula is C12H16BrClN2O2. The fourth-order valence-electron chi connectivity index (χ4n) is 1.28. The van der Waals surface area contributed by atoms with E-state index in [1.807, 2.05) is 13.1 Å². The van der Waals surface area contributed by atoms with Crippen LogP contribution in [0.15, 0.2) is 22.7 Å². The van der Waals surface area contributed by atoms with Crippen molar-refractivity contribution in [2.24, 2.45) is 0 Å². The number of hydrogen-bond donors (Lipinski definition) is 2. The molecule has 4 nitrogen and oxygen atoms in total. The first-order chi connectivity index (χ1) is 8.63. The van der Waals surface area contributed by atoms with Gasteiger partial charge in [0.25, 0.3) is 5.91 Å². The van der Waals surface area contributed by atoms with Gasteiger partial charge < -0.3 is 15.4 Å². The summed E-state index contributed by atoms with van der Waals surface area (Å²) in [6.07, 6.45) is 0.890. The first-order valence-electron chi connectivity index (χ1n) is 5.62. The summed E-state index contributed by atoms with van der Waals surface area (Å²) < 4.78 is 6.20. The normalized spacial score (nSPS) is 10.2. The Morgan fingerprint density at radius 1 is 1.44 bits per heavy atom. The Hall–Kier alpha value is -0.780. The predicted octanol–water partition coefficient (Wildman–Crippen LogP) is 2.21. The van der Waals surface area contributed by atoms with Gasteiger partial charge in [0, 0.05) is 11.0 Å². The topological polar surface area (TPSA) is 50.4 Å². The molecule has 1 rings (SSSR count). The van der Waals surface area contributed by atoms with Crippen molar-refractivity contribution in [3.05, 3.63) is 27.7 Å². The van der Waals surface area contributed by atoms with Crippen molar-refractivity contribution in [1.29, 1.82) is 0 Å². The second kappa shape index (κ2) is 8.34. The van der Waals surface area contributed by atoms with E-state index in [0.717, 1.165) is 17.4 Å². The maximum absolute atomic E-state index is 11.4. The highest BCUT2D eigenvalue weighted by molar-refractivity contribution is 9.10. The van der Waals surface area contributed by atoms with Crippen LogP contribution >= 0.6 is 27.5 Å². The Labute approximate surface area is 120 Å². The van der Waals surface area contributed by atoms with E-state index in [9.17, 15) is 4.79 Å². The number of benzene rings is 1. The molecule has 0 aliphatic carbocycles. The standard InChI is InChI=1S/C12H16BrClN2O2/c1-15-5-2-6-16-12(17)8-18-11-4-3-9(13)7-10(11)14/h3-4,7,15H,2,5-6,8H2,1H3,(H,16,17). The van der Waals surface area contributed by atoms with Crippen LogP contribution in [0.1, 0.15) is 6.42 Å². The van der Waals surface area contributed by atoms with Crippen LogP contribution in [0.25, 0.3) is 0 Å². The van der Waals surface area contributed by atoms with Crippen molar-refractivity contribution < 1.29 is 9.53 Å². The van der Waals surface area contributed by atoms with Gasteiger partial charge in [0.05, 0.1) is 5.02 Å². The molecule has 0 saturated carbocycles. The minimum atomic E-state index is -0.148. The van der Waals surface area contributed by atoms with Crippen LogP contribution < -0.4 is 15.4 Å². The molecule has 0 radical (unpaired) electrons. The zero-order valence-corrected chi connectivity index (χ0v) is 12.5. The molecule has 18 heavy (non-hydrogen) atoms. The van der Waals surface area contributed by atoms with Crippen molar-refractivity contribution >= 4 is 33.4 Å². The highest BCUT2D eigenvalue weighted by atomic mass is 79.9. The third kappa shape index (κ3) is 5.71. The molecule has 1 amide bonds. The van der Waals surface area contributed by atoms with Crippen molar-refractivity contribution in [3.8, 4) is 5.75 Å². The van der Waals surface area contributed by atoms with Crippen LogP contribution in [-0.4, -0.2) is 32.7 Å². The van der Waals surface area contributed by atoms with E-state index in [4.69, 9.17) is 16.3 Å². The van der Waals surface area contributed by atoms with Gasteiger partial charge in [0.15, 0.2) is 6.61 Å². The largest absolute Gasteiger partial charge is 0.482 e. The fraction of sp³-hybridized carbons (Fsp3) is 0.417. The third-order valence-electron chi connectivity index (χ3n) is 2.18. The van der Waals surface area contributed by atoms with Crippen LogP contribution in [0.3, 0.4) is 0 Å². The molecule has 0 heterocycles. The van der Waals surface area contributed by atoms with Crippen LogP contribution in [0, 0.1) is 0 Å². The monoisotopic (exact) mass is 334 g/mol. The smallest absolute Gasteiger partial charge is 0.257 e. The van der Waals surface area contributed by atoms with Crippen molar-refractivity contribution in [1.82, 2.24) is 10.6 Å². The number of halogens is 2. The number of nitrogens with one attached hydrogen (secondary N) is 2. The number of carbonyl (C=O) groups excluding carboxylic acids is 1. The first-order valence-corrected chi connectivity index (χ1v) is 6.79. The van der Waals surface area contributed by atoms with Gasteiger partial charge in [0.2, 0.25) is 0 Å². The zero-order chi connectivity index (χ0) is 13.4. The summed E-state index contributed by atoms with van der Waals surface area (Å²) >= 11 is 9.26. The van der Waals surface area contributed by atoms with Crippen molar-refractivity contribution in [2.75, 3.05) is 26.7 Å². The molecule has 0 atom stereocenters. The van der Waals surface area contributed by atoms with E-state index in [-0.39, 0.29) is 12.5 Å². The summed E-state index contributed by atoms with van der Waals surface area (Å²) in [5.41, 5.74) is 0. The van der Waals surface area contributed by atoms with Crippen molar-refractivity contribution in [3.63, 3.8) is 0 Å². The van der Waals surface area contributed by atoms with Crippen LogP contribution in [0.5, 0.6) is 5.75 Å². The number of ether oxygens (including phenoxy) is 1. The van der Waals surface area contributed by atoms with Gasteiger partial charge in [-0.1, -0.05) is 27.5 Å². The quantitative estimate of drug-likeness (QED) is 0.751. The molecule has 6 heteroatoms. The molecule has 0 bridgehead atoms. The van der Waals surface area contributed by atoms with Gasteiger partial charge in [-0.3, -0.25) is 4.79 Å². The summed E-state index contributed by atoms with van der Waals surface area (Å²) in [5.74, 6) is 0.357. The lowest BCUT2D eigenvalue weighted by Crippen LogP contribution is -2.31. The van der Waals surface area contributed by atoms with Gasteiger partial charge in [-0.05, 0) is 38.2 Å². The average molecular weight is 336 g/mol. The van der Waals surface area contributed by atoms with Gasteiger partial charge >= 0.3 is 0 Å². The minimum absolute atomic E-state index is 0.0269. The molecule has 2 N–H and O–H groups in total. The molecule has 1 aromatic carbocycles. The second-order valence-corrected chi connectivity index (χ2v) is 4.99. The molecule has 100 valence electrons. The van der Waals surface area contributed by atoms with E-state index in [0.29, 0.717) is 17.3 Å². The zero-order valence-electron chi connectivity index (χ0n) is 10.1. The highest BCUT2D eigenvalue weighted by Gasteiger charge is 2.05. The van der Waals surface area contributed by atoms with Crippen molar-refractivity contribution in [2.45, 2.75) is 6.42 Å². The molecule has 0 aromatic heterocycles. The highest BCUT2D eigenvalue weighted by Crippen LogP contribution is 2.27. The van der Waals surface area contributed by atoms with Crippen LogP contribution in [0.4, 0.5) is 0 Å². The SMILES string of the molecule is CNCCCNC(=O)COc1ccc(Br)cc1Cl. The molecule has 0 spiro atoms. The molecule has 1 aromatic rings. The second-order valence-electron chi connectivity index (χ2n) is 3.67. The van der Waals surface area contributed by atoms with E-state index in [1.165, 1.54) is 0 Å². The Morgan fingerprint density at radius 2 is 2.22 bits per heavy atom. The van der Waals surface area contributed by atoms with E-state index in [2.05, 4.69) is 26.6 Å². The number of rotatable bonds is 7. The first kappa shape index (κ1) is 15.3. The van der Waals surface area contributed by atoms with E-state index in [1.54, 1.807) is 12.1 Å². The summed E-state index contributed by atoms with van der Waals surface area (Å²) in [7, 11) is 1.88. The maximum Gasteiger partial charge on any atom is 0.257 e. The van der Waals surface area contributed by atoms with Crippen LogP contribution in [0.2, 0.25) is 5.02 Å². The Bertz CT molecular complexity index is 402. The molecule has 0 unspecified atom stereocenters. The summed E-state index contributed by atoms with van der Waals surface area (Å²) in [4.78, 5) is 11.4.